The van der Waals surface area contributed by atoms with Crippen molar-refractivity contribution in [3.8, 4) is 0 Å². The van der Waals surface area contributed by atoms with Crippen molar-refractivity contribution >= 4 is 18.1 Å². The molecule has 2 atom stereocenters. The van der Waals surface area contributed by atoms with Gasteiger partial charge in [-0.1, -0.05) is 0 Å². The lowest BCUT2D eigenvalue weighted by molar-refractivity contribution is -0.143. The number of fused-ring (bicyclic) bond motifs is 3. The maximum atomic E-state index is 13.5. The Bertz CT molecular complexity index is 1400. The molecule has 1 aromatic heterocycles. The molecule has 2 aromatic rings. The number of piperazine rings is 1. The lowest BCUT2D eigenvalue weighted by atomic mass is 10.1. The normalized spacial score (nSPS) is 20.4. The van der Waals surface area contributed by atoms with E-state index in [9.17, 15) is 40.7 Å². The second-order valence-corrected chi connectivity index (χ2v) is 12.1. The lowest BCUT2D eigenvalue weighted by Gasteiger charge is -2.41. The molecule has 0 spiro atoms. The maximum absolute atomic E-state index is 13.5. The van der Waals surface area contributed by atoms with E-state index < -0.39 is 53.4 Å². The highest BCUT2D eigenvalue weighted by molar-refractivity contribution is 5.93. The Morgan fingerprint density at radius 2 is 1.43 bits per heavy atom. The number of hydrogen-bond acceptors (Lipinski definition) is 6. The van der Waals surface area contributed by atoms with E-state index in [0.717, 1.165) is 12.8 Å². The first-order valence-corrected chi connectivity index (χ1v) is 14.0. The summed E-state index contributed by atoms with van der Waals surface area (Å²) < 4.78 is 91.0. The van der Waals surface area contributed by atoms with Crippen LogP contribution < -0.4 is 0 Å². The molecule has 4 heterocycles. The van der Waals surface area contributed by atoms with Crippen LogP contribution in [0.25, 0.3) is 0 Å². The predicted molar refractivity (Wildman–Crippen MR) is 140 cm³/mol. The van der Waals surface area contributed by atoms with Gasteiger partial charge in [0.1, 0.15) is 12.2 Å². The van der Waals surface area contributed by atoms with Gasteiger partial charge >= 0.3 is 24.5 Å². The molecule has 0 aliphatic carbocycles. The number of likely N-dealkylation sites (tertiary alicyclic amines) is 1. The zero-order valence-electron chi connectivity index (χ0n) is 24.2. The maximum Gasteiger partial charge on any atom is 0.416 e. The summed E-state index contributed by atoms with van der Waals surface area (Å²) in [6, 6.07) is 2.16. The Morgan fingerprint density at radius 3 is 1.98 bits per heavy atom. The number of ether oxygens (including phenoxy) is 2. The van der Waals surface area contributed by atoms with Crippen LogP contribution in [0, 0.1) is 0 Å². The van der Waals surface area contributed by atoms with Gasteiger partial charge in [0.05, 0.1) is 42.0 Å². The molecule has 44 heavy (non-hydrogen) atoms. The quantitative estimate of drug-likeness (QED) is 0.427. The molecule has 1 aromatic carbocycles. The summed E-state index contributed by atoms with van der Waals surface area (Å²) in [7, 11) is 0. The highest BCUT2D eigenvalue weighted by Crippen LogP contribution is 2.37. The number of hydrogen-bond donors (Lipinski definition) is 0. The molecule has 5 rings (SSSR count). The van der Waals surface area contributed by atoms with Crippen LogP contribution in [0.2, 0.25) is 0 Å². The van der Waals surface area contributed by atoms with Crippen molar-refractivity contribution in [2.75, 3.05) is 19.6 Å². The van der Waals surface area contributed by atoms with Gasteiger partial charge in [0.15, 0.2) is 5.69 Å². The summed E-state index contributed by atoms with van der Waals surface area (Å²) in [6.07, 6.45) is -9.97. The summed E-state index contributed by atoms with van der Waals surface area (Å²) in [5.41, 5.74) is -3.43. The van der Waals surface area contributed by atoms with Crippen molar-refractivity contribution in [2.45, 2.75) is 83.3 Å². The summed E-state index contributed by atoms with van der Waals surface area (Å²) in [5.74, 6) is -0.303. The molecular weight excluding hydrogens is 600 g/mol. The second kappa shape index (κ2) is 11.2. The van der Waals surface area contributed by atoms with Crippen molar-refractivity contribution in [1.29, 1.82) is 0 Å². The monoisotopic (exact) mass is 631 g/mol. The van der Waals surface area contributed by atoms with Crippen molar-refractivity contribution < 1.29 is 50.2 Å². The van der Waals surface area contributed by atoms with Crippen molar-refractivity contribution in [2.24, 2.45) is 0 Å². The first kappa shape index (κ1) is 31.4. The number of carbonyl (C=O) groups excluding carboxylic acids is 3. The number of nitrogens with zero attached hydrogens (tertiary/aromatic N) is 5. The Kier molecular flexibility index (Phi) is 7.99. The number of alkyl halides is 6. The number of halogens is 6. The average molecular weight is 632 g/mol. The van der Waals surface area contributed by atoms with Crippen LogP contribution in [-0.2, 0) is 41.5 Å². The molecule has 10 nitrogen and oxygen atoms in total. The van der Waals surface area contributed by atoms with Crippen LogP contribution in [0.5, 0.6) is 0 Å². The van der Waals surface area contributed by atoms with Gasteiger partial charge < -0.3 is 24.2 Å². The van der Waals surface area contributed by atoms with Crippen LogP contribution in [0.15, 0.2) is 24.3 Å². The predicted octanol–water partition coefficient (Wildman–Crippen LogP) is 5.30. The average Bonchev–Trinajstić information content (AvgIpc) is 3.46. The van der Waals surface area contributed by atoms with E-state index in [1.165, 1.54) is 4.90 Å². The van der Waals surface area contributed by atoms with Gasteiger partial charge in [-0.3, -0.25) is 9.48 Å². The van der Waals surface area contributed by atoms with E-state index >= 15 is 0 Å². The minimum Gasteiger partial charge on any atom is -0.445 e. The van der Waals surface area contributed by atoms with Crippen LogP contribution in [0.1, 0.15) is 66.5 Å². The van der Waals surface area contributed by atoms with E-state index in [0.29, 0.717) is 30.9 Å². The smallest absolute Gasteiger partial charge is 0.416 e. The van der Waals surface area contributed by atoms with E-state index in [1.807, 2.05) is 0 Å². The zero-order valence-corrected chi connectivity index (χ0v) is 24.2. The van der Waals surface area contributed by atoms with Crippen LogP contribution in [0.4, 0.5) is 35.9 Å². The third-order valence-electron chi connectivity index (χ3n) is 7.65. The molecular formula is C28H31F6N5O5. The van der Waals surface area contributed by atoms with E-state index in [2.05, 4.69) is 5.10 Å². The van der Waals surface area contributed by atoms with Gasteiger partial charge in [-0.25, -0.2) is 9.59 Å². The summed E-state index contributed by atoms with van der Waals surface area (Å²) in [5, 5.41) is 4.41. The van der Waals surface area contributed by atoms with Gasteiger partial charge in [0.2, 0.25) is 0 Å². The van der Waals surface area contributed by atoms with Crippen molar-refractivity contribution in [3.63, 3.8) is 0 Å². The number of amides is 3. The minimum absolute atomic E-state index is 0.00233. The topological polar surface area (TPSA) is 97.2 Å². The Labute approximate surface area is 248 Å². The van der Waals surface area contributed by atoms with Gasteiger partial charge in [0, 0.05) is 19.6 Å². The Hall–Kier alpha value is -3.98. The van der Waals surface area contributed by atoms with Crippen molar-refractivity contribution in [1.82, 2.24) is 24.5 Å². The molecule has 240 valence electrons. The summed E-state index contributed by atoms with van der Waals surface area (Å²) in [4.78, 5) is 43.4. The third-order valence-corrected chi connectivity index (χ3v) is 7.65. The first-order valence-electron chi connectivity index (χ1n) is 14.0. The SMILES string of the molecule is CC(C)(C)OC(=O)N1CC2CCC(C1)N2C(=O)c1cc2n(n1)CCN(C(=O)OCc1cc(C(F)(F)F)cc(C(F)(F)F)c1)C2. The fourth-order valence-corrected chi connectivity index (χ4v) is 5.71. The minimum atomic E-state index is -5.02. The Balaban J connectivity index is 1.21. The zero-order chi connectivity index (χ0) is 32.2. The number of benzene rings is 1. The van der Waals surface area contributed by atoms with Gasteiger partial charge in [-0.15, -0.1) is 0 Å². The van der Waals surface area contributed by atoms with Crippen LogP contribution >= 0.6 is 0 Å². The second-order valence-electron chi connectivity index (χ2n) is 12.1. The molecule has 3 aliphatic rings. The lowest BCUT2D eigenvalue weighted by Crippen LogP contribution is -2.57. The molecule has 3 amide bonds. The number of carbonyl (C=O) groups is 3. The first-order chi connectivity index (χ1) is 20.4. The van der Waals surface area contributed by atoms with E-state index in [1.54, 1.807) is 41.3 Å². The van der Waals surface area contributed by atoms with Crippen molar-refractivity contribution in [3.05, 3.63) is 52.3 Å². The molecule has 0 saturated carbocycles. The number of rotatable bonds is 3. The molecule has 0 radical (unpaired) electrons. The van der Waals surface area contributed by atoms with Gasteiger partial charge in [0.25, 0.3) is 5.91 Å². The van der Waals surface area contributed by atoms with E-state index in [4.69, 9.17) is 9.47 Å². The summed E-state index contributed by atoms with van der Waals surface area (Å²) >= 11 is 0. The largest absolute Gasteiger partial charge is 0.445 e. The summed E-state index contributed by atoms with van der Waals surface area (Å²) in [6.45, 7) is 5.47. The molecule has 2 unspecified atom stereocenters. The molecule has 2 bridgehead atoms. The molecule has 2 fully saturated rings. The number of aromatic nitrogens is 2. The standard InChI is InChI=1S/C28H31F6N5O5/c1-26(2,3)44-25(42)37-12-19-4-5-20(13-37)39(19)23(40)22-11-21-14-36(6-7-38(21)35-22)24(41)43-15-16-8-17(27(29,30)31)10-18(9-16)28(32,33)34/h8-11,19-20H,4-7,12-15H2,1-3H3. The van der Waals surface area contributed by atoms with Crippen LogP contribution in [-0.4, -0.2) is 79.9 Å². The fourth-order valence-electron chi connectivity index (χ4n) is 5.71. The van der Waals surface area contributed by atoms with Crippen LogP contribution in [0.3, 0.4) is 0 Å². The third kappa shape index (κ3) is 6.73. The van der Waals surface area contributed by atoms with E-state index in [-0.39, 0.29) is 49.4 Å². The molecule has 16 heteroatoms. The fraction of sp³-hybridized carbons (Fsp3) is 0.571. The van der Waals surface area contributed by atoms with Gasteiger partial charge in [-0.05, 0) is 63.4 Å². The molecule has 0 N–H and O–H groups in total. The highest BCUT2D eigenvalue weighted by atomic mass is 19.4. The highest BCUT2D eigenvalue weighted by Gasteiger charge is 2.45. The molecule has 2 saturated heterocycles. The van der Waals surface area contributed by atoms with Gasteiger partial charge in [-0.2, -0.15) is 31.4 Å². The Morgan fingerprint density at radius 1 is 0.841 bits per heavy atom. The molecule has 3 aliphatic heterocycles.